The molecule has 1 N–H and O–H groups in total. The third kappa shape index (κ3) is 3.96. The number of amides is 4. The first kappa shape index (κ1) is 32.2. The van der Waals surface area contributed by atoms with Crippen LogP contribution in [0.15, 0.2) is 29.8 Å². The molecule has 1 saturated carbocycles. The summed E-state index contributed by atoms with van der Waals surface area (Å²) in [6.07, 6.45) is 1.40. The number of imide groups is 2. The van der Waals surface area contributed by atoms with E-state index in [4.69, 9.17) is 27.9 Å². The molecular weight excluding hydrogens is 662 g/mol. The first-order valence-corrected chi connectivity index (χ1v) is 15.2. The maximum absolute atomic E-state index is 15.1. The van der Waals surface area contributed by atoms with Crippen molar-refractivity contribution in [2.75, 3.05) is 18.1 Å². The number of carbonyl (C=O) groups is 4. The minimum Gasteiger partial charge on any atom is -0.504 e. The van der Waals surface area contributed by atoms with Gasteiger partial charge in [0.1, 0.15) is 5.69 Å². The number of alkyl halides is 2. The lowest BCUT2D eigenvalue weighted by Crippen LogP contribution is -2.60. The van der Waals surface area contributed by atoms with E-state index >= 15 is 8.78 Å². The highest BCUT2D eigenvalue weighted by atomic mass is 35.5. The fourth-order valence-corrected chi connectivity index (χ4v) is 8.39. The molecule has 4 aliphatic rings. The number of nitrogens with zero attached hydrogens (tertiary/aromatic N) is 2. The molecule has 2 heterocycles. The number of phenolic OH excluding ortho intramolecular Hbond substituents is 1. The number of ether oxygens (including phenoxy) is 1. The molecule has 6 rings (SSSR count). The molecule has 0 bridgehead atoms. The molecule has 8 nitrogen and oxygen atoms in total. The summed E-state index contributed by atoms with van der Waals surface area (Å²) in [7, 11) is 0. The molecule has 4 amide bonds. The van der Waals surface area contributed by atoms with Crippen LogP contribution in [-0.4, -0.2) is 56.5 Å². The van der Waals surface area contributed by atoms with Gasteiger partial charge in [-0.3, -0.25) is 24.1 Å². The van der Waals surface area contributed by atoms with Gasteiger partial charge >= 0.3 is 0 Å². The highest BCUT2D eigenvalue weighted by molar-refractivity contribution is 6.58. The zero-order valence-corrected chi connectivity index (χ0v) is 25.7. The van der Waals surface area contributed by atoms with E-state index in [9.17, 15) is 37.5 Å². The Morgan fingerprint density at radius 2 is 1.54 bits per heavy atom. The van der Waals surface area contributed by atoms with Gasteiger partial charge in [0.2, 0.25) is 17.6 Å². The number of benzene rings is 2. The molecule has 0 spiro atoms. The van der Waals surface area contributed by atoms with Crippen molar-refractivity contribution in [3.8, 4) is 11.5 Å². The van der Waals surface area contributed by atoms with Gasteiger partial charge in [0.05, 0.1) is 18.4 Å². The Hall–Kier alpha value is -3.71. The number of anilines is 1. The Morgan fingerprint density at radius 1 is 0.913 bits per heavy atom. The van der Waals surface area contributed by atoms with Crippen LogP contribution in [0.2, 0.25) is 0 Å². The van der Waals surface area contributed by atoms with Gasteiger partial charge in [-0.1, -0.05) is 30.7 Å². The second-order valence-corrected chi connectivity index (χ2v) is 12.9. The smallest absolute Gasteiger partial charge is 0.258 e. The molecule has 244 valence electrons. The number of para-hydroxylation sites is 1. The Labute approximate surface area is 268 Å². The molecule has 0 unspecified atom stereocenters. The van der Waals surface area contributed by atoms with Crippen LogP contribution in [0.4, 0.5) is 27.6 Å². The molecule has 2 saturated heterocycles. The summed E-state index contributed by atoms with van der Waals surface area (Å²) >= 11 is 14.1. The SMILES string of the molecule is CCCN1C(=O)[C@H]2[C@H](CC=C3[C@H]2C[C@@]2(Cl)C(=O)N(c4c(F)c(F)c(F)c(F)c4F)C(=O)[C@@]2(Cl)[C@H]3c2cccc(OCC)c2O)C1=O. The molecule has 15 heteroatoms. The average molecular weight is 687 g/mol. The maximum atomic E-state index is 15.1. The lowest BCUT2D eigenvalue weighted by Gasteiger charge is -2.50. The molecule has 2 aromatic rings. The Morgan fingerprint density at radius 3 is 2.15 bits per heavy atom. The van der Waals surface area contributed by atoms with Crippen molar-refractivity contribution in [2.45, 2.75) is 48.8 Å². The average Bonchev–Trinajstić information content (AvgIpc) is 3.35. The summed E-state index contributed by atoms with van der Waals surface area (Å²) < 4.78 is 78.4. The number of hydrogen-bond donors (Lipinski definition) is 1. The number of hydrogen-bond acceptors (Lipinski definition) is 6. The van der Waals surface area contributed by atoms with Crippen molar-refractivity contribution in [2.24, 2.45) is 17.8 Å². The highest BCUT2D eigenvalue weighted by Crippen LogP contribution is 2.67. The van der Waals surface area contributed by atoms with E-state index in [-0.39, 0.29) is 41.4 Å². The van der Waals surface area contributed by atoms with Crippen LogP contribution >= 0.6 is 23.2 Å². The van der Waals surface area contributed by atoms with Gasteiger partial charge in [-0.15, -0.1) is 23.2 Å². The predicted molar refractivity (Wildman–Crippen MR) is 153 cm³/mol. The van der Waals surface area contributed by atoms with E-state index in [0.717, 1.165) is 4.90 Å². The van der Waals surface area contributed by atoms with E-state index in [1.54, 1.807) is 19.9 Å². The monoisotopic (exact) mass is 686 g/mol. The van der Waals surface area contributed by atoms with E-state index < -0.39 is 104 Å². The molecular formula is C31H25Cl2F5N2O6. The number of aromatic hydroxyl groups is 1. The largest absolute Gasteiger partial charge is 0.504 e. The molecule has 6 atom stereocenters. The summed E-state index contributed by atoms with van der Waals surface area (Å²) in [4.78, 5) is 50.9. The number of halogens is 7. The van der Waals surface area contributed by atoms with E-state index in [2.05, 4.69) is 0 Å². The number of phenols is 1. The predicted octanol–water partition coefficient (Wildman–Crippen LogP) is 5.46. The Kier molecular flexibility index (Phi) is 7.66. The van der Waals surface area contributed by atoms with Crippen LogP contribution in [0.25, 0.3) is 0 Å². The van der Waals surface area contributed by atoms with Gasteiger partial charge in [-0.2, -0.15) is 0 Å². The van der Waals surface area contributed by atoms with Crippen LogP contribution in [-0.2, 0) is 19.2 Å². The van der Waals surface area contributed by atoms with E-state index in [0.29, 0.717) is 6.42 Å². The normalized spacial score (nSPS) is 30.4. The quantitative estimate of drug-likeness (QED) is 0.108. The Bertz CT molecular complexity index is 1740. The number of likely N-dealkylation sites (tertiary alicyclic amines) is 1. The number of carbonyl (C=O) groups excluding carboxylic acids is 4. The van der Waals surface area contributed by atoms with Crippen molar-refractivity contribution >= 4 is 52.5 Å². The fourth-order valence-electron chi connectivity index (χ4n) is 7.47. The zero-order chi connectivity index (χ0) is 33.6. The van der Waals surface area contributed by atoms with Gasteiger partial charge in [-0.05, 0) is 38.2 Å². The van der Waals surface area contributed by atoms with Crippen LogP contribution < -0.4 is 9.64 Å². The van der Waals surface area contributed by atoms with Crippen molar-refractivity contribution in [1.29, 1.82) is 0 Å². The molecule has 2 aromatic carbocycles. The van der Waals surface area contributed by atoms with Crippen molar-refractivity contribution in [1.82, 2.24) is 4.90 Å². The second-order valence-electron chi connectivity index (χ2n) is 11.6. The third-order valence-corrected chi connectivity index (χ3v) is 10.8. The van der Waals surface area contributed by atoms with Crippen molar-refractivity contribution in [3.05, 3.63) is 64.5 Å². The van der Waals surface area contributed by atoms with Crippen LogP contribution in [0.1, 0.15) is 44.6 Å². The van der Waals surface area contributed by atoms with Crippen LogP contribution in [0.5, 0.6) is 11.5 Å². The molecule has 0 aromatic heterocycles. The zero-order valence-electron chi connectivity index (χ0n) is 24.2. The van der Waals surface area contributed by atoms with Crippen molar-refractivity contribution < 1.29 is 51.0 Å². The van der Waals surface area contributed by atoms with Gasteiger partial charge in [-0.25, -0.2) is 26.9 Å². The van der Waals surface area contributed by atoms with E-state index in [1.165, 1.54) is 18.2 Å². The summed E-state index contributed by atoms with van der Waals surface area (Å²) in [6.45, 7) is 3.61. The van der Waals surface area contributed by atoms with Crippen LogP contribution in [0, 0.1) is 46.8 Å². The van der Waals surface area contributed by atoms with Crippen LogP contribution in [0.3, 0.4) is 0 Å². The lowest BCUT2D eigenvalue weighted by molar-refractivity contribution is -0.140. The van der Waals surface area contributed by atoms with Crippen molar-refractivity contribution in [3.63, 3.8) is 0 Å². The van der Waals surface area contributed by atoms with Gasteiger partial charge < -0.3 is 9.84 Å². The molecule has 0 radical (unpaired) electrons. The molecule has 2 aliphatic heterocycles. The third-order valence-electron chi connectivity index (χ3n) is 9.40. The van der Waals surface area contributed by atoms with Gasteiger partial charge in [0.15, 0.2) is 44.5 Å². The standard InChI is InChI=1S/C31H25Cl2F5N2O6/c1-3-10-39-26(42)13-9-8-12-15(17(13)27(39)43)11-30(32)28(44)40(24-22(37)20(35)19(34)21(36)23(24)38)29(45)31(30,33)18(12)14-6-5-7-16(25(14)41)46-4-2/h5-8,13,15,17-18,41H,3-4,9-11H2,1-2H3/t13-,15+,17-,18+,30+,31-/m0/s1. The topological polar surface area (TPSA) is 104 Å². The summed E-state index contributed by atoms with van der Waals surface area (Å²) in [5.74, 6) is -21.7. The number of fused-ring (bicyclic) bond motifs is 4. The number of allylic oxidation sites excluding steroid dienone is 2. The molecule has 2 aliphatic carbocycles. The number of rotatable bonds is 6. The first-order chi connectivity index (χ1) is 21.7. The second kappa shape index (κ2) is 10.9. The maximum Gasteiger partial charge on any atom is 0.258 e. The molecule has 46 heavy (non-hydrogen) atoms. The summed E-state index contributed by atoms with van der Waals surface area (Å²) in [5, 5.41) is 11.3. The lowest BCUT2D eigenvalue weighted by atomic mass is 9.56. The Balaban J connectivity index is 1.61. The van der Waals surface area contributed by atoms with Gasteiger partial charge in [0.25, 0.3) is 11.8 Å². The minimum absolute atomic E-state index is 0.00937. The molecule has 3 fully saturated rings. The fraction of sp³-hybridized carbons (Fsp3) is 0.419. The van der Waals surface area contributed by atoms with E-state index in [1.807, 2.05) is 0 Å². The summed E-state index contributed by atoms with van der Waals surface area (Å²) in [6, 6.07) is 4.17. The minimum atomic E-state index is -2.74. The highest BCUT2D eigenvalue weighted by Gasteiger charge is 2.77. The van der Waals surface area contributed by atoms with Gasteiger partial charge in [0, 0.05) is 18.0 Å². The summed E-state index contributed by atoms with van der Waals surface area (Å²) in [5.41, 5.74) is -1.76. The first-order valence-electron chi connectivity index (χ1n) is 14.5.